The molecule has 0 amide bonds. The minimum Gasteiger partial charge on any atom is -0.207 e. The van der Waals surface area contributed by atoms with Gasteiger partial charge in [-0.15, -0.1) is 0 Å². The molecule has 0 spiro atoms. The molecule has 0 aliphatic rings. The molecular weight excluding hydrogens is 298 g/mol. The molecule has 1 aromatic carbocycles. The molecule has 18 heavy (non-hydrogen) atoms. The Hall–Kier alpha value is -0.890. The first kappa shape index (κ1) is 15.2. The van der Waals surface area contributed by atoms with Crippen LogP contribution in [0, 0.1) is 0 Å². The van der Waals surface area contributed by atoms with Crippen LogP contribution in [0.3, 0.4) is 0 Å². The summed E-state index contributed by atoms with van der Waals surface area (Å²) in [5, 5.41) is 0. The molecule has 0 bridgehead atoms. The second kappa shape index (κ2) is 5.40. The van der Waals surface area contributed by atoms with E-state index >= 15 is 0 Å². The molecule has 0 saturated carbocycles. The normalized spacial score (nSPS) is 12.3. The Balaban J connectivity index is 3.02. The monoisotopic (exact) mass is 309 g/mol. The van der Waals surface area contributed by atoms with E-state index in [1.807, 2.05) is 0 Å². The van der Waals surface area contributed by atoms with Gasteiger partial charge in [0.2, 0.25) is 10.0 Å². The van der Waals surface area contributed by atoms with Gasteiger partial charge in [-0.1, -0.05) is 12.2 Å². The molecule has 0 aliphatic carbocycles. The highest BCUT2D eigenvalue weighted by Crippen LogP contribution is 2.17. The highest BCUT2D eigenvalue weighted by atomic mass is 35.7. The van der Waals surface area contributed by atoms with Crippen LogP contribution in [0.25, 0.3) is 0 Å². The lowest BCUT2D eigenvalue weighted by molar-refractivity contribution is 0.584. The van der Waals surface area contributed by atoms with E-state index in [1.54, 1.807) is 6.92 Å². The lowest BCUT2D eigenvalue weighted by Crippen LogP contribution is -2.25. The molecule has 100 valence electrons. The molecule has 0 fully saturated rings. The molecule has 5 nitrogen and oxygen atoms in total. The molecule has 0 atom stereocenters. The quantitative estimate of drug-likeness (QED) is 0.660. The van der Waals surface area contributed by atoms with Gasteiger partial charge in [-0.25, -0.2) is 21.6 Å². The van der Waals surface area contributed by atoms with Crippen LogP contribution >= 0.6 is 10.7 Å². The molecular formula is C10H12ClNO4S2. The largest absolute Gasteiger partial charge is 0.261 e. The van der Waals surface area contributed by atoms with E-state index < -0.39 is 19.1 Å². The number of sulfonamides is 1. The van der Waals surface area contributed by atoms with Crippen LogP contribution in [0.15, 0.2) is 46.2 Å². The fraction of sp³-hybridized carbons (Fsp3) is 0.200. The van der Waals surface area contributed by atoms with Gasteiger partial charge in [0.25, 0.3) is 9.05 Å². The number of nitrogens with one attached hydrogen (secondary N) is 1. The Morgan fingerprint density at radius 3 is 2.00 bits per heavy atom. The smallest absolute Gasteiger partial charge is 0.207 e. The zero-order valence-electron chi connectivity index (χ0n) is 9.55. The number of halogens is 1. The van der Waals surface area contributed by atoms with Crippen LogP contribution in [-0.2, 0) is 19.1 Å². The minimum atomic E-state index is -3.85. The van der Waals surface area contributed by atoms with E-state index in [2.05, 4.69) is 11.3 Å². The van der Waals surface area contributed by atoms with Gasteiger partial charge in [-0.05, 0) is 31.2 Å². The highest BCUT2D eigenvalue weighted by Gasteiger charge is 2.15. The molecule has 0 saturated heterocycles. The van der Waals surface area contributed by atoms with E-state index in [4.69, 9.17) is 10.7 Å². The third kappa shape index (κ3) is 4.09. The molecule has 0 heterocycles. The molecule has 0 radical (unpaired) electrons. The third-order valence-corrected chi connectivity index (χ3v) is 4.77. The van der Waals surface area contributed by atoms with Gasteiger partial charge in [0.1, 0.15) is 0 Å². The standard InChI is InChI=1S/C10H12ClNO4S2/c1-8(2)7-12-18(15,16)10-5-3-9(4-6-10)17(11,13)14/h3-6,12H,1,7H2,2H3. The maximum atomic E-state index is 11.8. The van der Waals surface area contributed by atoms with Crippen molar-refractivity contribution in [3.8, 4) is 0 Å². The molecule has 0 aromatic heterocycles. The maximum absolute atomic E-state index is 11.8. The third-order valence-electron chi connectivity index (χ3n) is 1.98. The number of hydrogen-bond donors (Lipinski definition) is 1. The number of rotatable bonds is 5. The van der Waals surface area contributed by atoms with E-state index in [1.165, 1.54) is 12.1 Å². The Kier molecular flexibility index (Phi) is 4.55. The molecule has 1 rings (SSSR count). The first-order valence-corrected chi connectivity index (χ1v) is 8.61. The van der Waals surface area contributed by atoms with Gasteiger partial charge in [0, 0.05) is 17.2 Å². The van der Waals surface area contributed by atoms with Crippen molar-refractivity contribution in [2.24, 2.45) is 0 Å². The van der Waals surface area contributed by atoms with Crippen molar-refractivity contribution in [2.75, 3.05) is 6.54 Å². The van der Waals surface area contributed by atoms with Crippen LogP contribution in [0.5, 0.6) is 0 Å². The van der Waals surface area contributed by atoms with E-state index in [9.17, 15) is 16.8 Å². The molecule has 0 unspecified atom stereocenters. The Bertz CT molecular complexity index is 648. The first-order chi connectivity index (χ1) is 8.13. The van der Waals surface area contributed by atoms with Gasteiger partial charge in [-0.3, -0.25) is 0 Å². The minimum absolute atomic E-state index is 0.0344. The molecule has 0 aliphatic heterocycles. The van der Waals surface area contributed by atoms with Crippen molar-refractivity contribution >= 4 is 29.8 Å². The second-order valence-corrected chi connectivity index (χ2v) is 8.02. The molecule has 1 N–H and O–H groups in total. The number of hydrogen-bond acceptors (Lipinski definition) is 4. The lowest BCUT2D eigenvalue weighted by atomic mass is 10.4. The van der Waals surface area contributed by atoms with Crippen molar-refractivity contribution < 1.29 is 16.8 Å². The van der Waals surface area contributed by atoms with Gasteiger partial charge in [-0.2, -0.15) is 0 Å². The highest BCUT2D eigenvalue weighted by molar-refractivity contribution is 8.13. The second-order valence-electron chi connectivity index (χ2n) is 3.69. The fourth-order valence-electron chi connectivity index (χ4n) is 1.08. The van der Waals surface area contributed by atoms with Crippen LogP contribution < -0.4 is 4.72 Å². The molecule has 8 heteroatoms. The van der Waals surface area contributed by atoms with E-state index in [0.29, 0.717) is 5.57 Å². The predicted octanol–water partition coefficient (Wildman–Crippen LogP) is 1.47. The van der Waals surface area contributed by atoms with E-state index in [-0.39, 0.29) is 16.3 Å². The fourth-order valence-corrected chi connectivity index (χ4v) is 2.95. The van der Waals surface area contributed by atoms with Gasteiger partial charge < -0.3 is 0 Å². The van der Waals surface area contributed by atoms with Crippen molar-refractivity contribution in [1.29, 1.82) is 0 Å². The SMILES string of the molecule is C=C(C)CNS(=O)(=O)c1ccc(S(=O)(=O)Cl)cc1. The van der Waals surface area contributed by atoms with Crippen molar-refractivity contribution in [2.45, 2.75) is 16.7 Å². The number of benzene rings is 1. The maximum Gasteiger partial charge on any atom is 0.261 e. The summed E-state index contributed by atoms with van der Waals surface area (Å²) in [6.07, 6.45) is 0. The Labute approximate surface area is 111 Å². The Morgan fingerprint density at radius 2 is 1.61 bits per heavy atom. The average molecular weight is 310 g/mol. The summed E-state index contributed by atoms with van der Waals surface area (Å²) in [6, 6.07) is 4.63. The van der Waals surface area contributed by atoms with Gasteiger partial charge >= 0.3 is 0 Å². The van der Waals surface area contributed by atoms with Crippen LogP contribution in [-0.4, -0.2) is 23.4 Å². The van der Waals surface area contributed by atoms with E-state index in [0.717, 1.165) is 12.1 Å². The van der Waals surface area contributed by atoms with Crippen LogP contribution in [0.4, 0.5) is 0 Å². The Morgan fingerprint density at radius 1 is 1.17 bits per heavy atom. The summed E-state index contributed by atoms with van der Waals surface area (Å²) in [5.74, 6) is 0. The summed E-state index contributed by atoms with van der Waals surface area (Å²) in [6.45, 7) is 5.38. The summed E-state index contributed by atoms with van der Waals surface area (Å²) >= 11 is 0. The predicted molar refractivity (Wildman–Crippen MR) is 69.5 cm³/mol. The van der Waals surface area contributed by atoms with Crippen LogP contribution in [0.1, 0.15) is 6.92 Å². The van der Waals surface area contributed by atoms with Crippen molar-refractivity contribution in [1.82, 2.24) is 4.72 Å². The lowest BCUT2D eigenvalue weighted by Gasteiger charge is -2.06. The summed E-state index contributed by atoms with van der Waals surface area (Å²) in [5.41, 5.74) is 0.665. The summed E-state index contributed by atoms with van der Waals surface area (Å²) < 4.78 is 47.8. The van der Waals surface area contributed by atoms with Gasteiger partial charge in [0.05, 0.1) is 9.79 Å². The zero-order valence-corrected chi connectivity index (χ0v) is 11.9. The van der Waals surface area contributed by atoms with Crippen molar-refractivity contribution in [3.63, 3.8) is 0 Å². The topological polar surface area (TPSA) is 80.3 Å². The zero-order chi connectivity index (χ0) is 14.0. The van der Waals surface area contributed by atoms with Crippen molar-refractivity contribution in [3.05, 3.63) is 36.4 Å². The average Bonchev–Trinajstić information content (AvgIpc) is 2.26. The molecule has 1 aromatic rings. The first-order valence-electron chi connectivity index (χ1n) is 4.82. The van der Waals surface area contributed by atoms with Crippen LogP contribution in [0.2, 0.25) is 0 Å². The summed E-state index contributed by atoms with van der Waals surface area (Å²) in [7, 11) is -2.39. The summed E-state index contributed by atoms with van der Waals surface area (Å²) in [4.78, 5) is -0.184. The van der Waals surface area contributed by atoms with Gasteiger partial charge in [0.15, 0.2) is 0 Å².